The maximum Gasteiger partial charge on any atom is 0.248 e. The third kappa shape index (κ3) is 2.58. The van der Waals surface area contributed by atoms with E-state index in [0.717, 1.165) is 23.5 Å². The van der Waals surface area contributed by atoms with Crippen molar-refractivity contribution in [2.45, 2.75) is 27.2 Å². The number of furan rings is 1. The highest BCUT2D eigenvalue weighted by Gasteiger charge is 2.20. The Kier molecular flexibility index (Phi) is 3.54. The van der Waals surface area contributed by atoms with Gasteiger partial charge >= 0.3 is 0 Å². The molecular formula is C19H22NO+. The molecule has 2 heterocycles. The van der Waals surface area contributed by atoms with Crippen LogP contribution in [0.4, 0.5) is 0 Å². The van der Waals surface area contributed by atoms with Gasteiger partial charge in [0.15, 0.2) is 6.20 Å². The monoisotopic (exact) mass is 280 g/mol. The van der Waals surface area contributed by atoms with E-state index in [9.17, 15) is 0 Å². The van der Waals surface area contributed by atoms with Gasteiger partial charge in [0, 0.05) is 23.1 Å². The molecule has 0 aliphatic heterocycles. The molecule has 0 spiro atoms. The van der Waals surface area contributed by atoms with Gasteiger partial charge in [0.25, 0.3) is 0 Å². The Hall–Kier alpha value is -2.09. The minimum absolute atomic E-state index is 0.655. The third-order valence-electron chi connectivity index (χ3n) is 3.93. The van der Waals surface area contributed by atoms with E-state index in [1.807, 2.05) is 12.1 Å². The van der Waals surface area contributed by atoms with Gasteiger partial charge in [-0.1, -0.05) is 32.0 Å². The molecule has 0 atom stereocenters. The van der Waals surface area contributed by atoms with Gasteiger partial charge in [-0.05, 0) is 30.9 Å². The Morgan fingerprint density at radius 2 is 1.90 bits per heavy atom. The number of nitrogens with zero attached hydrogens (tertiary/aromatic N) is 1. The number of aryl methyl sites for hydroxylation is 2. The van der Waals surface area contributed by atoms with Gasteiger partial charge in [-0.25, -0.2) is 0 Å². The van der Waals surface area contributed by atoms with Crippen LogP contribution < -0.4 is 4.57 Å². The van der Waals surface area contributed by atoms with Crippen molar-refractivity contribution in [2.75, 3.05) is 0 Å². The van der Waals surface area contributed by atoms with E-state index in [1.54, 1.807) is 0 Å². The van der Waals surface area contributed by atoms with Crippen LogP contribution >= 0.6 is 0 Å². The lowest BCUT2D eigenvalue weighted by molar-refractivity contribution is -0.661. The summed E-state index contributed by atoms with van der Waals surface area (Å²) in [7, 11) is 2.07. The van der Waals surface area contributed by atoms with Crippen molar-refractivity contribution in [1.29, 1.82) is 0 Å². The Morgan fingerprint density at radius 3 is 2.62 bits per heavy atom. The van der Waals surface area contributed by atoms with Crippen LogP contribution in [0.25, 0.3) is 22.4 Å². The van der Waals surface area contributed by atoms with Crippen LogP contribution in [0.2, 0.25) is 0 Å². The summed E-state index contributed by atoms with van der Waals surface area (Å²) in [6, 6.07) is 12.7. The molecule has 2 heteroatoms. The largest absolute Gasteiger partial charge is 0.449 e. The fraction of sp³-hybridized carbons (Fsp3) is 0.316. The van der Waals surface area contributed by atoms with Crippen molar-refractivity contribution in [3.63, 3.8) is 0 Å². The van der Waals surface area contributed by atoms with E-state index < -0.39 is 0 Å². The molecule has 0 aliphatic carbocycles. The number of fused-ring (bicyclic) bond motifs is 1. The maximum absolute atomic E-state index is 6.10. The van der Waals surface area contributed by atoms with Gasteiger partial charge in [-0.3, -0.25) is 0 Å². The zero-order chi connectivity index (χ0) is 15.0. The van der Waals surface area contributed by atoms with Crippen LogP contribution in [0.1, 0.15) is 25.0 Å². The van der Waals surface area contributed by atoms with Crippen LogP contribution in [-0.2, 0) is 13.5 Å². The second-order valence-electron chi connectivity index (χ2n) is 6.18. The molecular weight excluding hydrogens is 258 g/mol. The van der Waals surface area contributed by atoms with Crippen molar-refractivity contribution >= 4 is 11.0 Å². The molecule has 3 aromatic rings. The highest BCUT2D eigenvalue weighted by Crippen LogP contribution is 2.31. The van der Waals surface area contributed by atoms with Gasteiger partial charge in [-0.15, -0.1) is 0 Å². The average molecular weight is 280 g/mol. The molecule has 21 heavy (non-hydrogen) atoms. The van der Waals surface area contributed by atoms with E-state index in [2.05, 4.69) is 62.8 Å². The lowest BCUT2D eigenvalue weighted by atomic mass is 10.0. The molecule has 0 radical (unpaired) electrons. The first-order chi connectivity index (χ1) is 10.1. The summed E-state index contributed by atoms with van der Waals surface area (Å²) < 4.78 is 8.24. The second-order valence-corrected chi connectivity index (χ2v) is 6.18. The van der Waals surface area contributed by atoms with Crippen molar-refractivity contribution < 1.29 is 8.98 Å². The molecule has 0 fully saturated rings. The molecule has 0 saturated heterocycles. The molecule has 0 bridgehead atoms. The Bertz CT molecular complexity index is 783. The number of pyridine rings is 1. The van der Waals surface area contributed by atoms with E-state index in [0.29, 0.717) is 5.92 Å². The molecule has 0 N–H and O–H groups in total. The number of benzene rings is 1. The van der Waals surface area contributed by atoms with Gasteiger partial charge < -0.3 is 4.42 Å². The molecule has 3 rings (SSSR count). The summed E-state index contributed by atoms with van der Waals surface area (Å²) in [5.41, 5.74) is 4.67. The van der Waals surface area contributed by atoms with Gasteiger partial charge in [0.1, 0.15) is 12.6 Å². The van der Waals surface area contributed by atoms with E-state index in [-0.39, 0.29) is 0 Å². The fourth-order valence-electron chi connectivity index (χ4n) is 2.86. The molecule has 0 unspecified atom stereocenters. The van der Waals surface area contributed by atoms with Crippen molar-refractivity contribution in [3.05, 3.63) is 53.7 Å². The van der Waals surface area contributed by atoms with Crippen LogP contribution in [0.15, 0.2) is 47.0 Å². The van der Waals surface area contributed by atoms with Crippen molar-refractivity contribution in [1.82, 2.24) is 0 Å². The summed E-state index contributed by atoms with van der Waals surface area (Å²) >= 11 is 0. The van der Waals surface area contributed by atoms with Crippen molar-refractivity contribution in [2.24, 2.45) is 13.0 Å². The highest BCUT2D eigenvalue weighted by molar-refractivity contribution is 5.86. The SMILES string of the molecule is Cc1c(-c2cc(CC(C)C)cc[n+]2C)oc2ccccc12. The van der Waals surface area contributed by atoms with Crippen LogP contribution in [0, 0.1) is 12.8 Å². The number of rotatable bonds is 3. The van der Waals surface area contributed by atoms with Gasteiger partial charge in [-0.2, -0.15) is 4.57 Å². The lowest BCUT2D eigenvalue weighted by Crippen LogP contribution is -2.30. The van der Waals surface area contributed by atoms with E-state index in [1.165, 1.54) is 16.5 Å². The van der Waals surface area contributed by atoms with Crippen molar-refractivity contribution in [3.8, 4) is 11.5 Å². The average Bonchev–Trinajstić information content (AvgIpc) is 2.78. The van der Waals surface area contributed by atoms with E-state index in [4.69, 9.17) is 4.42 Å². The minimum Gasteiger partial charge on any atom is -0.449 e. The predicted molar refractivity (Wildman–Crippen MR) is 86.1 cm³/mol. The standard InChI is InChI=1S/C19H22NO/c1-13(2)11-15-9-10-20(4)17(12-15)19-14(3)16-7-5-6-8-18(16)21-19/h5-10,12-13H,11H2,1-4H3/q+1. The number of aromatic nitrogens is 1. The third-order valence-corrected chi connectivity index (χ3v) is 3.93. The summed E-state index contributed by atoms with van der Waals surface area (Å²) in [6.07, 6.45) is 3.22. The molecule has 0 saturated carbocycles. The summed E-state index contributed by atoms with van der Waals surface area (Å²) in [6.45, 7) is 6.63. The minimum atomic E-state index is 0.655. The first-order valence-electron chi connectivity index (χ1n) is 7.53. The lowest BCUT2D eigenvalue weighted by Gasteiger charge is -2.05. The molecule has 2 nitrogen and oxygen atoms in total. The smallest absolute Gasteiger partial charge is 0.248 e. The Morgan fingerprint density at radius 1 is 1.14 bits per heavy atom. The molecule has 1 aromatic carbocycles. The fourth-order valence-corrected chi connectivity index (χ4v) is 2.86. The van der Waals surface area contributed by atoms with Crippen LogP contribution in [0.5, 0.6) is 0 Å². The summed E-state index contributed by atoms with van der Waals surface area (Å²) in [4.78, 5) is 0. The molecule has 0 amide bonds. The normalized spacial score (nSPS) is 11.5. The Balaban J connectivity index is 2.15. The first-order valence-corrected chi connectivity index (χ1v) is 7.53. The zero-order valence-corrected chi connectivity index (χ0v) is 13.2. The first kappa shape index (κ1) is 13.9. The zero-order valence-electron chi connectivity index (χ0n) is 13.2. The summed E-state index contributed by atoms with van der Waals surface area (Å²) in [5, 5.41) is 1.20. The van der Waals surface area contributed by atoms with Gasteiger partial charge in [0.05, 0.1) is 0 Å². The number of hydrogen-bond acceptors (Lipinski definition) is 1. The predicted octanol–water partition coefficient (Wildman–Crippen LogP) is 4.43. The quantitative estimate of drug-likeness (QED) is 0.649. The maximum atomic E-state index is 6.10. The Labute approximate surface area is 126 Å². The van der Waals surface area contributed by atoms with E-state index >= 15 is 0 Å². The topological polar surface area (TPSA) is 17.0 Å². The molecule has 108 valence electrons. The van der Waals surface area contributed by atoms with Crippen LogP contribution in [-0.4, -0.2) is 0 Å². The summed E-state index contributed by atoms with van der Waals surface area (Å²) in [5.74, 6) is 1.63. The molecule has 0 aliphatic rings. The number of para-hydroxylation sites is 1. The van der Waals surface area contributed by atoms with Crippen LogP contribution in [0.3, 0.4) is 0 Å². The molecule has 2 aromatic heterocycles. The highest BCUT2D eigenvalue weighted by atomic mass is 16.3. The van der Waals surface area contributed by atoms with Gasteiger partial charge in [0.2, 0.25) is 11.5 Å². The number of hydrogen-bond donors (Lipinski definition) is 0. The second kappa shape index (κ2) is 5.36.